The number of hydrogen-bond acceptors (Lipinski definition) is 6. The third-order valence-corrected chi connectivity index (χ3v) is 6.68. The molecule has 1 aromatic rings. The molecule has 27 heavy (non-hydrogen) atoms. The van der Waals surface area contributed by atoms with Gasteiger partial charge in [-0.1, -0.05) is 6.92 Å². The maximum Gasteiger partial charge on any atom is 0.232 e. The van der Waals surface area contributed by atoms with Gasteiger partial charge >= 0.3 is 0 Å². The number of rotatable bonds is 8. The number of ether oxygens (including phenoxy) is 1. The van der Waals surface area contributed by atoms with E-state index in [0.717, 1.165) is 71.3 Å². The minimum atomic E-state index is -3.23. The standard InChI is InChI=1S/C19H32N4O3S/c1-2-17-27(24,25)20-18-3-5-19(6-4-18)23-11-9-21(10-12-23)7-8-22-13-15-26-16-14-22/h3-6,20H,2,7-17H2,1H3. The summed E-state index contributed by atoms with van der Waals surface area (Å²) in [5, 5.41) is 0. The minimum absolute atomic E-state index is 0.154. The van der Waals surface area contributed by atoms with Crippen LogP contribution in [0.3, 0.4) is 0 Å². The van der Waals surface area contributed by atoms with E-state index < -0.39 is 10.0 Å². The maximum atomic E-state index is 11.9. The van der Waals surface area contributed by atoms with E-state index in [0.29, 0.717) is 12.1 Å². The van der Waals surface area contributed by atoms with Crippen LogP contribution in [0.15, 0.2) is 24.3 Å². The van der Waals surface area contributed by atoms with E-state index >= 15 is 0 Å². The largest absolute Gasteiger partial charge is 0.379 e. The van der Waals surface area contributed by atoms with Gasteiger partial charge in [0, 0.05) is 63.7 Å². The molecule has 0 atom stereocenters. The first-order valence-electron chi connectivity index (χ1n) is 9.94. The molecular weight excluding hydrogens is 364 g/mol. The summed E-state index contributed by atoms with van der Waals surface area (Å²) in [4.78, 5) is 7.38. The molecule has 3 rings (SSSR count). The van der Waals surface area contributed by atoms with Crippen LogP contribution in [-0.2, 0) is 14.8 Å². The molecule has 0 spiro atoms. The van der Waals surface area contributed by atoms with Crippen LogP contribution in [0.2, 0.25) is 0 Å². The molecule has 152 valence electrons. The highest BCUT2D eigenvalue weighted by molar-refractivity contribution is 7.92. The highest BCUT2D eigenvalue weighted by Crippen LogP contribution is 2.20. The van der Waals surface area contributed by atoms with Gasteiger partial charge in [0.1, 0.15) is 0 Å². The number of hydrogen-bond donors (Lipinski definition) is 1. The van der Waals surface area contributed by atoms with Crippen molar-refractivity contribution in [2.24, 2.45) is 0 Å². The molecule has 1 N–H and O–H groups in total. The van der Waals surface area contributed by atoms with Gasteiger partial charge in [0.05, 0.1) is 19.0 Å². The predicted octanol–water partition coefficient (Wildman–Crippen LogP) is 1.29. The molecule has 0 unspecified atom stereocenters. The van der Waals surface area contributed by atoms with Crippen molar-refractivity contribution in [2.75, 3.05) is 80.9 Å². The van der Waals surface area contributed by atoms with Gasteiger partial charge in [-0.3, -0.25) is 14.5 Å². The average molecular weight is 397 g/mol. The summed E-state index contributed by atoms with van der Waals surface area (Å²) in [6, 6.07) is 7.72. The van der Waals surface area contributed by atoms with Crippen LogP contribution in [0.25, 0.3) is 0 Å². The Balaban J connectivity index is 1.43. The van der Waals surface area contributed by atoms with E-state index in [9.17, 15) is 8.42 Å². The van der Waals surface area contributed by atoms with E-state index in [1.165, 1.54) is 0 Å². The van der Waals surface area contributed by atoms with Crippen LogP contribution in [0, 0.1) is 0 Å². The van der Waals surface area contributed by atoms with Crippen molar-refractivity contribution in [3.8, 4) is 0 Å². The number of sulfonamides is 1. The van der Waals surface area contributed by atoms with Crippen molar-refractivity contribution in [3.63, 3.8) is 0 Å². The van der Waals surface area contributed by atoms with Gasteiger partial charge in [-0.25, -0.2) is 8.42 Å². The number of morpholine rings is 1. The van der Waals surface area contributed by atoms with E-state index in [1.807, 2.05) is 31.2 Å². The van der Waals surface area contributed by atoms with Crippen LogP contribution in [0.5, 0.6) is 0 Å². The maximum absolute atomic E-state index is 11.9. The Hall–Kier alpha value is -1.35. The van der Waals surface area contributed by atoms with Crippen LogP contribution in [0.1, 0.15) is 13.3 Å². The third kappa shape index (κ3) is 6.34. The fourth-order valence-corrected chi connectivity index (χ4v) is 4.71. The molecular formula is C19H32N4O3S. The first-order valence-corrected chi connectivity index (χ1v) is 11.6. The molecule has 0 radical (unpaired) electrons. The van der Waals surface area contributed by atoms with Crippen molar-refractivity contribution in [2.45, 2.75) is 13.3 Å². The molecule has 7 nitrogen and oxygen atoms in total. The monoisotopic (exact) mass is 396 g/mol. The molecule has 0 saturated carbocycles. The Morgan fingerprint density at radius 2 is 1.52 bits per heavy atom. The molecule has 2 saturated heterocycles. The Bertz CT molecular complexity index is 667. The third-order valence-electron chi connectivity index (χ3n) is 5.19. The lowest BCUT2D eigenvalue weighted by atomic mass is 10.2. The van der Waals surface area contributed by atoms with Crippen LogP contribution in [-0.4, -0.2) is 89.5 Å². The van der Waals surface area contributed by atoms with E-state index in [1.54, 1.807) is 0 Å². The van der Waals surface area contributed by atoms with E-state index in [-0.39, 0.29) is 5.75 Å². The average Bonchev–Trinajstić information content (AvgIpc) is 2.68. The van der Waals surface area contributed by atoms with Gasteiger partial charge in [0.25, 0.3) is 0 Å². The van der Waals surface area contributed by atoms with Gasteiger partial charge in [-0.05, 0) is 30.7 Å². The number of benzene rings is 1. The van der Waals surface area contributed by atoms with Gasteiger partial charge < -0.3 is 9.64 Å². The summed E-state index contributed by atoms with van der Waals surface area (Å²) in [5.74, 6) is 0.154. The van der Waals surface area contributed by atoms with E-state index in [4.69, 9.17) is 4.74 Å². The van der Waals surface area contributed by atoms with Gasteiger partial charge in [-0.15, -0.1) is 0 Å². The molecule has 8 heteroatoms. The summed E-state index contributed by atoms with van der Waals surface area (Å²) in [7, 11) is -3.23. The van der Waals surface area contributed by atoms with Crippen LogP contribution >= 0.6 is 0 Å². The number of nitrogens with one attached hydrogen (secondary N) is 1. The summed E-state index contributed by atoms with van der Waals surface area (Å²) in [6.07, 6.45) is 0.614. The highest BCUT2D eigenvalue weighted by Gasteiger charge is 2.19. The number of nitrogens with zero attached hydrogens (tertiary/aromatic N) is 3. The van der Waals surface area contributed by atoms with Crippen LogP contribution < -0.4 is 9.62 Å². The second-order valence-corrected chi connectivity index (χ2v) is 9.09. The topological polar surface area (TPSA) is 65.1 Å². The minimum Gasteiger partial charge on any atom is -0.379 e. The smallest absolute Gasteiger partial charge is 0.232 e. The Labute approximate surface area is 163 Å². The van der Waals surface area contributed by atoms with E-state index in [2.05, 4.69) is 19.4 Å². The summed E-state index contributed by atoms with van der Waals surface area (Å²) in [6.45, 7) is 12.1. The SMILES string of the molecule is CCCS(=O)(=O)Nc1ccc(N2CCN(CCN3CCOCC3)CC2)cc1. The van der Waals surface area contributed by atoms with Gasteiger partial charge in [0.2, 0.25) is 10.0 Å². The summed E-state index contributed by atoms with van der Waals surface area (Å²) in [5.41, 5.74) is 1.79. The fourth-order valence-electron chi connectivity index (χ4n) is 3.58. The zero-order chi connectivity index (χ0) is 19.1. The van der Waals surface area contributed by atoms with Crippen molar-refractivity contribution in [3.05, 3.63) is 24.3 Å². The van der Waals surface area contributed by atoms with Crippen molar-refractivity contribution in [1.29, 1.82) is 0 Å². The Kier molecular flexibility index (Phi) is 7.34. The molecule has 1 aromatic carbocycles. The summed E-state index contributed by atoms with van der Waals surface area (Å²) >= 11 is 0. The quantitative estimate of drug-likeness (QED) is 0.714. The second kappa shape index (κ2) is 9.73. The molecule has 0 bridgehead atoms. The lowest BCUT2D eigenvalue weighted by Gasteiger charge is -2.37. The first-order chi connectivity index (χ1) is 13.1. The Morgan fingerprint density at radius 1 is 0.926 bits per heavy atom. The number of anilines is 2. The van der Waals surface area contributed by atoms with Gasteiger partial charge in [0.15, 0.2) is 0 Å². The second-order valence-electron chi connectivity index (χ2n) is 7.25. The molecule has 0 aliphatic carbocycles. The van der Waals surface area contributed by atoms with Crippen molar-refractivity contribution < 1.29 is 13.2 Å². The molecule has 2 aliphatic rings. The molecule has 2 heterocycles. The van der Waals surface area contributed by atoms with Crippen molar-refractivity contribution in [1.82, 2.24) is 9.80 Å². The predicted molar refractivity (Wildman–Crippen MR) is 110 cm³/mol. The van der Waals surface area contributed by atoms with Crippen molar-refractivity contribution >= 4 is 21.4 Å². The molecule has 0 aromatic heterocycles. The summed E-state index contributed by atoms with van der Waals surface area (Å²) < 4.78 is 31.8. The Morgan fingerprint density at radius 3 is 2.11 bits per heavy atom. The lowest BCUT2D eigenvalue weighted by Crippen LogP contribution is -2.49. The molecule has 2 fully saturated rings. The highest BCUT2D eigenvalue weighted by atomic mass is 32.2. The zero-order valence-electron chi connectivity index (χ0n) is 16.3. The lowest BCUT2D eigenvalue weighted by molar-refractivity contribution is 0.0331. The molecule has 0 amide bonds. The van der Waals surface area contributed by atoms with Crippen LogP contribution in [0.4, 0.5) is 11.4 Å². The number of piperazine rings is 1. The van der Waals surface area contributed by atoms with Gasteiger partial charge in [-0.2, -0.15) is 0 Å². The first kappa shape index (κ1) is 20.4. The normalized spacial score (nSPS) is 20.0. The molecule has 2 aliphatic heterocycles. The zero-order valence-corrected chi connectivity index (χ0v) is 17.1. The fraction of sp³-hybridized carbons (Fsp3) is 0.684.